The first-order valence-corrected chi connectivity index (χ1v) is 8.11. The molecule has 1 saturated carbocycles. The third-order valence-electron chi connectivity index (χ3n) is 3.28. The average Bonchev–Trinajstić information content (AvgIpc) is 2.87. The molecule has 1 aromatic heterocycles. The summed E-state index contributed by atoms with van der Waals surface area (Å²) in [7, 11) is 0. The van der Waals surface area contributed by atoms with Crippen LogP contribution in [0.4, 0.5) is 0 Å². The molecule has 1 aromatic rings. The molecule has 0 aliphatic heterocycles. The van der Waals surface area contributed by atoms with Crippen molar-refractivity contribution in [2.45, 2.75) is 32.2 Å². The first-order chi connectivity index (χ1) is 8.13. The number of hydrogen-bond acceptors (Lipinski definition) is 2. The van der Waals surface area contributed by atoms with E-state index in [1.54, 1.807) is 0 Å². The molecule has 0 spiro atoms. The van der Waals surface area contributed by atoms with Gasteiger partial charge in [-0.3, -0.25) is 4.79 Å². The zero-order valence-electron chi connectivity index (χ0n) is 9.63. The molecule has 5 heteroatoms. The maximum atomic E-state index is 12.1. The van der Waals surface area contributed by atoms with Crippen molar-refractivity contribution in [2.75, 3.05) is 5.33 Å². The minimum absolute atomic E-state index is 0.0223. The van der Waals surface area contributed by atoms with E-state index in [0.717, 1.165) is 17.3 Å². The van der Waals surface area contributed by atoms with Gasteiger partial charge in [-0.25, -0.2) is 0 Å². The quantitative estimate of drug-likeness (QED) is 0.830. The minimum Gasteiger partial charge on any atom is -0.348 e. The van der Waals surface area contributed by atoms with Crippen LogP contribution in [0.5, 0.6) is 0 Å². The van der Waals surface area contributed by atoms with Gasteiger partial charge in [-0.2, -0.15) is 0 Å². The van der Waals surface area contributed by atoms with Gasteiger partial charge in [0.1, 0.15) is 4.88 Å². The molecule has 1 aliphatic rings. The topological polar surface area (TPSA) is 29.1 Å². The van der Waals surface area contributed by atoms with Gasteiger partial charge in [0, 0.05) is 11.4 Å². The van der Waals surface area contributed by atoms with Crippen molar-refractivity contribution >= 4 is 44.8 Å². The predicted octanol–water partition coefficient (Wildman–Crippen LogP) is 4.00. The van der Waals surface area contributed by atoms with Gasteiger partial charge in [0.25, 0.3) is 5.91 Å². The van der Waals surface area contributed by atoms with Crippen molar-refractivity contribution in [2.24, 2.45) is 5.92 Å². The Bertz CT molecular complexity index is 421. The number of thiophene rings is 1. The number of aryl methyl sites for hydroxylation is 1. The van der Waals surface area contributed by atoms with E-state index in [9.17, 15) is 4.79 Å². The number of amides is 1. The maximum absolute atomic E-state index is 12.1. The molecule has 2 nitrogen and oxygen atoms in total. The van der Waals surface area contributed by atoms with Crippen LogP contribution >= 0.6 is 38.9 Å². The number of hydrogen-bond donors (Lipinski definition) is 1. The highest BCUT2D eigenvalue weighted by atomic mass is 79.9. The Morgan fingerprint density at radius 2 is 2.41 bits per heavy atom. The summed E-state index contributed by atoms with van der Waals surface area (Å²) in [5, 5.41) is 6.58. The highest BCUT2D eigenvalue weighted by Gasteiger charge is 2.28. The van der Waals surface area contributed by atoms with E-state index in [-0.39, 0.29) is 5.91 Å². The molecule has 2 rings (SSSR count). The van der Waals surface area contributed by atoms with Crippen LogP contribution in [0.3, 0.4) is 0 Å². The summed E-state index contributed by atoms with van der Waals surface area (Å²) in [5.41, 5.74) is 0.977. The van der Waals surface area contributed by atoms with Crippen molar-refractivity contribution in [1.82, 2.24) is 5.32 Å². The van der Waals surface area contributed by atoms with Crippen molar-refractivity contribution in [3.05, 3.63) is 20.8 Å². The highest BCUT2D eigenvalue weighted by molar-refractivity contribution is 9.09. The molecule has 0 aromatic carbocycles. The summed E-state index contributed by atoms with van der Waals surface area (Å²) < 4.78 is 0. The molecule has 1 heterocycles. The lowest BCUT2D eigenvalue weighted by molar-refractivity contribution is 0.0934. The number of carbonyl (C=O) groups is 1. The first-order valence-electron chi connectivity index (χ1n) is 5.74. The normalized spacial score (nSPS) is 23.9. The lowest BCUT2D eigenvalue weighted by Crippen LogP contribution is -2.37. The highest BCUT2D eigenvalue weighted by Crippen LogP contribution is 2.30. The largest absolute Gasteiger partial charge is 0.348 e. The fraction of sp³-hybridized carbons (Fsp3) is 0.583. The fourth-order valence-corrected chi connectivity index (χ4v) is 4.19. The van der Waals surface area contributed by atoms with E-state index in [2.05, 4.69) is 21.2 Å². The van der Waals surface area contributed by atoms with Gasteiger partial charge in [-0.1, -0.05) is 34.0 Å². The first kappa shape index (κ1) is 13.4. The molecule has 0 bridgehead atoms. The smallest absolute Gasteiger partial charge is 0.263 e. The van der Waals surface area contributed by atoms with Crippen molar-refractivity contribution in [1.29, 1.82) is 0 Å². The van der Waals surface area contributed by atoms with E-state index in [4.69, 9.17) is 11.6 Å². The van der Waals surface area contributed by atoms with Crippen LogP contribution in [0.25, 0.3) is 0 Å². The second-order valence-corrected chi connectivity index (χ2v) is 6.39. The van der Waals surface area contributed by atoms with Crippen LogP contribution in [0, 0.1) is 12.8 Å². The second-order valence-electron chi connectivity index (χ2n) is 4.49. The van der Waals surface area contributed by atoms with Crippen LogP contribution in [0.15, 0.2) is 5.38 Å². The lowest BCUT2D eigenvalue weighted by atomic mass is 10.1. The maximum Gasteiger partial charge on any atom is 0.263 e. The number of rotatable bonds is 3. The van der Waals surface area contributed by atoms with Gasteiger partial charge in [0.15, 0.2) is 0 Å². The molecule has 0 radical (unpaired) electrons. The van der Waals surface area contributed by atoms with Gasteiger partial charge in [-0.05, 0) is 36.6 Å². The van der Waals surface area contributed by atoms with Gasteiger partial charge >= 0.3 is 0 Å². The Morgan fingerprint density at radius 3 is 3.00 bits per heavy atom. The van der Waals surface area contributed by atoms with Crippen molar-refractivity contribution in [3.8, 4) is 0 Å². The van der Waals surface area contributed by atoms with Crippen LogP contribution in [-0.2, 0) is 0 Å². The second kappa shape index (κ2) is 5.72. The SMILES string of the molecule is Cc1csc(C(=O)NC2CCCC2CBr)c1Cl. The predicted molar refractivity (Wildman–Crippen MR) is 76.5 cm³/mol. The number of carbonyl (C=O) groups excluding carboxylic acids is 1. The molecule has 17 heavy (non-hydrogen) atoms. The number of alkyl halides is 1. The standard InChI is InChI=1S/C12H15BrClNOS/c1-7-6-17-11(10(7)14)12(16)15-9-4-2-3-8(9)5-13/h6,8-9H,2-5H2,1H3,(H,15,16). The van der Waals surface area contributed by atoms with Crippen molar-refractivity contribution < 1.29 is 4.79 Å². The molecular formula is C12H15BrClNOS. The number of nitrogens with one attached hydrogen (secondary N) is 1. The Kier molecular flexibility index (Phi) is 4.50. The summed E-state index contributed by atoms with van der Waals surface area (Å²) in [5.74, 6) is 0.532. The van der Waals surface area contributed by atoms with Crippen LogP contribution in [-0.4, -0.2) is 17.3 Å². The zero-order valence-corrected chi connectivity index (χ0v) is 12.8. The van der Waals surface area contributed by atoms with Gasteiger partial charge in [0.2, 0.25) is 0 Å². The van der Waals surface area contributed by atoms with E-state index in [1.165, 1.54) is 24.2 Å². The monoisotopic (exact) mass is 335 g/mol. The summed E-state index contributed by atoms with van der Waals surface area (Å²) in [6, 6.07) is 0.292. The molecule has 2 unspecified atom stereocenters. The third-order valence-corrected chi connectivity index (χ3v) is 5.81. The van der Waals surface area contributed by atoms with E-state index in [0.29, 0.717) is 21.9 Å². The van der Waals surface area contributed by atoms with Crippen LogP contribution in [0.2, 0.25) is 5.02 Å². The summed E-state index contributed by atoms with van der Waals surface area (Å²) in [4.78, 5) is 12.7. The van der Waals surface area contributed by atoms with Crippen molar-refractivity contribution in [3.63, 3.8) is 0 Å². The van der Waals surface area contributed by atoms with Gasteiger partial charge in [-0.15, -0.1) is 11.3 Å². The molecule has 0 saturated heterocycles. The molecule has 1 aliphatic carbocycles. The van der Waals surface area contributed by atoms with E-state index in [1.807, 2.05) is 12.3 Å². The molecule has 1 N–H and O–H groups in total. The summed E-state index contributed by atoms with van der Waals surface area (Å²) in [6.45, 7) is 1.92. The fourth-order valence-electron chi connectivity index (χ4n) is 2.23. The molecule has 1 fully saturated rings. The zero-order chi connectivity index (χ0) is 12.4. The Morgan fingerprint density at radius 1 is 1.65 bits per heavy atom. The lowest BCUT2D eigenvalue weighted by Gasteiger charge is -2.18. The van der Waals surface area contributed by atoms with Crippen LogP contribution < -0.4 is 5.32 Å². The summed E-state index contributed by atoms with van der Waals surface area (Å²) >= 11 is 11.0. The Labute approximate surface area is 119 Å². The van der Waals surface area contributed by atoms with Gasteiger partial charge in [0.05, 0.1) is 5.02 Å². The minimum atomic E-state index is -0.0223. The summed E-state index contributed by atoms with van der Waals surface area (Å²) in [6.07, 6.45) is 3.45. The van der Waals surface area contributed by atoms with Gasteiger partial charge < -0.3 is 5.32 Å². The van der Waals surface area contributed by atoms with Crippen LogP contribution in [0.1, 0.15) is 34.5 Å². The molecule has 1 amide bonds. The number of halogens is 2. The molecule has 94 valence electrons. The van der Waals surface area contributed by atoms with E-state index >= 15 is 0 Å². The molecule has 2 atom stereocenters. The average molecular weight is 337 g/mol. The van der Waals surface area contributed by atoms with E-state index < -0.39 is 0 Å². The third kappa shape index (κ3) is 2.85. The Balaban J connectivity index is 2.04. The molecular weight excluding hydrogens is 322 g/mol. The Hall–Kier alpha value is -0.0600.